The average molecular weight is 282 g/mol. The van der Waals surface area contributed by atoms with E-state index in [1.165, 1.54) is 7.11 Å². The Morgan fingerprint density at radius 3 is 2.35 bits per heavy atom. The number of hydrogen-bond donors (Lipinski definition) is 2. The largest absolute Gasteiger partial charge is 0.493 e. The van der Waals surface area contributed by atoms with E-state index in [1.54, 1.807) is 26.4 Å². The van der Waals surface area contributed by atoms with Crippen LogP contribution in [0.2, 0.25) is 0 Å². The molecule has 1 aromatic rings. The SMILES string of the molecule is COC(=O)NNC(=O)CCc1ccc(OC)c(OC)c1. The first-order valence-electron chi connectivity index (χ1n) is 5.94. The van der Waals surface area contributed by atoms with Crippen LogP contribution in [0.4, 0.5) is 4.79 Å². The normalized spacial score (nSPS) is 9.55. The summed E-state index contributed by atoms with van der Waals surface area (Å²) in [4.78, 5) is 22.2. The van der Waals surface area contributed by atoms with E-state index in [1.807, 2.05) is 6.07 Å². The maximum atomic E-state index is 11.5. The number of ether oxygens (including phenoxy) is 3. The van der Waals surface area contributed by atoms with Crippen LogP contribution in [0, 0.1) is 0 Å². The third-order valence-electron chi connectivity index (χ3n) is 2.58. The van der Waals surface area contributed by atoms with Crippen LogP contribution < -0.4 is 20.3 Å². The van der Waals surface area contributed by atoms with Crippen molar-refractivity contribution in [2.45, 2.75) is 12.8 Å². The fourth-order valence-electron chi connectivity index (χ4n) is 1.53. The quantitative estimate of drug-likeness (QED) is 0.788. The highest BCUT2D eigenvalue weighted by Gasteiger charge is 2.07. The maximum absolute atomic E-state index is 11.5. The first-order chi connectivity index (χ1) is 9.60. The number of rotatable bonds is 5. The molecule has 7 heteroatoms. The molecular formula is C13H18N2O5. The van der Waals surface area contributed by atoms with Crippen LogP contribution >= 0.6 is 0 Å². The van der Waals surface area contributed by atoms with Crippen LogP contribution in [-0.4, -0.2) is 33.3 Å². The second kappa shape index (κ2) is 7.88. The van der Waals surface area contributed by atoms with Crippen LogP contribution in [0.5, 0.6) is 11.5 Å². The molecule has 0 bridgehead atoms. The van der Waals surface area contributed by atoms with Gasteiger partial charge in [-0.1, -0.05) is 6.07 Å². The summed E-state index contributed by atoms with van der Waals surface area (Å²) in [7, 11) is 4.32. The zero-order valence-electron chi connectivity index (χ0n) is 11.7. The van der Waals surface area contributed by atoms with E-state index in [-0.39, 0.29) is 12.3 Å². The average Bonchev–Trinajstić information content (AvgIpc) is 2.49. The van der Waals surface area contributed by atoms with Gasteiger partial charge in [-0.25, -0.2) is 10.2 Å². The lowest BCUT2D eigenvalue weighted by molar-refractivity contribution is -0.121. The number of benzene rings is 1. The van der Waals surface area contributed by atoms with Gasteiger partial charge in [-0.15, -0.1) is 0 Å². The summed E-state index contributed by atoms with van der Waals surface area (Å²) < 4.78 is 14.6. The highest BCUT2D eigenvalue weighted by molar-refractivity contribution is 5.79. The van der Waals surface area contributed by atoms with E-state index in [0.29, 0.717) is 17.9 Å². The van der Waals surface area contributed by atoms with E-state index < -0.39 is 6.09 Å². The van der Waals surface area contributed by atoms with E-state index in [2.05, 4.69) is 15.6 Å². The minimum absolute atomic E-state index is 0.222. The number of carbonyl (C=O) groups excluding carboxylic acids is 2. The summed E-state index contributed by atoms with van der Waals surface area (Å²) >= 11 is 0. The first kappa shape index (κ1) is 15.6. The molecule has 1 rings (SSSR count). The highest BCUT2D eigenvalue weighted by Crippen LogP contribution is 2.27. The second-order valence-electron chi connectivity index (χ2n) is 3.85. The smallest absolute Gasteiger partial charge is 0.425 e. The standard InChI is InChI=1S/C13H18N2O5/c1-18-10-6-4-9(8-11(10)19-2)5-7-12(16)14-15-13(17)20-3/h4,6,8H,5,7H2,1-3H3,(H,14,16)(H,15,17). The van der Waals surface area contributed by atoms with Crippen LogP contribution in [-0.2, 0) is 16.0 Å². The van der Waals surface area contributed by atoms with Crippen molar-refractivity contribution in [3.8, 4) is 11.5 Å². The van der Waals surface area contributed by atoms with Crippen LogP contribution in [0.3, 0.4) is 0 Å². The van der Waals surface area contributed by atoms with E-state index in [0.717, 1.165) is 5.56 Å². The predicted molar refractivity (Wildman–Crippen MR) is 71.6 cm³/mol. The van der Waals surface area contributed by atoms with Gasteiger partial charge < -0.3 is 14.2 Å². The molecule has 0 unspecified atom stereocenters. The van der Waals surface area contributed by atoms with Crippen molar-refractivity contribution in [1.29, 1.82) is 0 Å². The monoisotopic (exact) mass is 282 g/mol. The Morgan fingerprint density at radius 2 is 1.75 bits per heavy atom. The van der Waals surface area contributed by atoms with Gasteiger partial charge in [0.15, 0.2) is 11.5 Å². The maximum Gasteiger partial charge on any atom is 0.425 e. The number of hydrazine groups is 1. The molecule has 0 fully saturated rings. The topological polar surface area (TPSA) is 85.9 Å². The zero-order valence-corrected chi connectivity index (χ0v) is 11.7. The third-order valence-corrected chi connectivity index (χ3v) is 2.58. The summed E-state index contributed by atoms with van der Waals surface area (Å²) in [5, 5.41) is 0. The van der Waals surface area contributed by atoms with Gasteiger partial charge in [-0.2, -0.15) is 0 Å². The van der Waals surface area contributed by atoms with Gasteiger partial charge >= 0.3 is 6.09 Å². The Labute approximate surface area is 117 Å². The number of nitrogens with one attached hydrogen (secondary N) is 2. The Balaban J connectivity index is 2.49. The van der Waals surface area contributed by atoms with Crippen molar-refractivity contribution in [2.24, 2.45) is 0 Å². The molecule has 2 N–H and O–H groups in total. The van der Waals surface area contributed by atoms with Crippen molar-refractivity contribution in [3.63, 3.8) is 0 Å². The Hall–Kier alpha value is -2.44. The van der Waals surface area contributed by atoms with Crippen molar-refractivity contribution in [3.05, 3.63) is 23.8 Å². The van der Waals surface area contributed by atoms with Crippen LogP contribution in [0.15, 0.2) is 18.2 Å². The molecule has 2 amide bonds. The molecule has 0 radical (unpaired) electrons. The molecule has 110 valence electrons. The van der Waals surface area contributed by atoms with E-state index >= 15 is 0 Å². The van der Waals surface area contributed by atoms with Crippen molar-refractivity contribution >= 4 is 12.0 Å². The molecule has 0 saturated heterocycles. The molecule has 20 heavy (non-hydrogen) atoms. The van der Waals surface area contributed by atoms with E-state index in [9.17, 15) is 9.59 Å². The zero-order chi connectivity index (χ0) is 15.0. The molecule has 7 nitrogen and oxygen atoms in total. The number of methoxy groups -OCH3 is 3. The Kier molecular flexibility index (Phi) is 6.15. The molecule has 0 heterocycles. The fourth-order valence-corrected chi connectivity index (χ4v) is 1.53. The Bertz CT molecular complexity index is 476. The molecule has 1 aromatic carbocycles. The Morgan fingerprint density at radius 1 is 1.05 bits per heavy atom. The summed E-state index contributed by atoms with van der Waals surface area (Å²) in [6.45, 7) is 0. The molecule has 0 aromatic heterocycles. The van der Waals surface area contributed by atoms with Crippen molar-refractivity contribution in [2.75, 3.05) is 21.3 Å². The minimum atomic E-state index is -0.718. The van der Waals surface area contributed by atoms with Crippen LogP contribution in [0.1, 0.15) is 12.0 Å². The lowest BCUT2D eigenvalue weighted by Gasteiger charge is -2.10. The molecule has 0 saturated carbocycles. The molecule has 0 aliphatic carbocycles. The number of hydrogen-bond acceptors (Lipinski definition) is 5. The van der Waals surface area contributed by atoms with Gasteiger partial charge in [0.1, 0.15) is 0 Å². The highest BCUT2D eigenvalue weighted by atomic mass is 16.5. The lowest BCUT2D eigenvalue weighted by Crippen LogP contribution is -2.41. The summed E-state index contributed by atoms with van der Waals surface area (Å²) in [6.07, 6.45) is 0.0126. The summed E-state index contributed by atoms with van der Waals surface area (Å²) in [6, 6.07) is 5.43. The third kappa shape index (κ3) is 4.68. The van der Waals surface area contributed by atoms with Gasteiger partial charge in [-0.3, -0.25) is 10.2 Å². The summed E-state index contributed by atoms with van der Waals surface area (Å²) in [5.74, 6) is 0.927. The van der Waals surface area contributed by atoms with Gasteiger partial charge in [0.05, 0.1) is 21.3 Å². The van der Waals surface area contributed by atoms with Crippen LogP contribution in [0.25, 0.3) is 0 Å². The molecule has 0 aliphatic rings. The summed E-state index contributed by atoms with van der Waals surface area (Å²) in [5.41, 5.74) is 5.27. The van der Waals surface area contributed by atoms with E-state index in [4.69, 9.17) is 9.47 Å². The second-order valence-corrected chi connectivity index (χ2v) is 3.85. The van der Waals surface area contributed by atoms with Gasteiger partial charge in [0.2, 0.25) is 5.91 Å². The minimum Gasteiger partial charge on any atom is -0.493 e. The first-order valence-corrected chi connectivity index (χ1v) is 5.94. The van der Waals surface area contributed by atoms with Crippen molar-refractivity contribution in [1.82, 2.24) is 10.9 Å². The number of carbonyl (C=O) groups is 2. The van der Waals surface area contributed by atoms with Gasteiger partial charge in [0, 0.05) is 6.42 Å². The number of amides is 2. The molecule has 0 aliphatic heterocycles. The number of aryl methyl sites for hydroxylation is 1. The molecule has 0 atom stereocenters. The van der Waals surface area contributed by atoms with Gasteiger partial charge in [-0.05, 0) is 24.1 Å². The van der Waals surface area contributed by atoms with Gasteiger partial charge in [0.25, 0.3) is 0 Å². The fraction of sp³-hybridized carbons (Fsp3) is 0.385. The molecular weight excluding hydrogens is 264 g/mol. The molecule has 0 spiro atoms. The lowest BCUT2D eigenvalue weighted by atomic mass is 10.1. The van der Waals surface area contributed by atoms with Crippen molar-refractivity contribution < 1.29 is 23.8 Å². The predicted octanol–water partition coefficient (Wildman–Crippen LogP) is 1.02.